The average molecular weight is 199 g/mol. The molecule has 0 saturated carbocycles. The minimum atomic E-state index is 0.599. The van der Waals surface area contributed by atoms with Crippen LogP contribution in [0.3, 0.4) is 0 Å². The molecule has 0 aromatic heterocycles. The highest BCUT2D eigenvalue weighted by Crippen LogP contribution is 1.97. The Kier molecular flexibility index (Phi) is 7.76. The summed E-state index contributed by atoms with van der Waals surface area (Å²) in [6, 6.07) is 0. The molecule has 0 aromatic rings. The van der Waals surface area contributed by atoms with Crippen LogP contribution in [-0.4, -0.2) is 56.6 Å². The number of rotatable bonds is 8. The first-order valence-corrected chi connectivity index (χ1v) is 5.34. The van der Waals surface area contributed by atoms with E-state index in [1.807, 2.05) is 0 Å². The van der Waals surface area contributed by atoms with Crippen molar-refractivity contribution in [2.45, 2.75) is 13.3 Å². The van der Waals surface area contributed by atoms with E-state index < -0.39 is 0 Å². The first-order valence-electron chi connectivity index (χ1n) is 5.34. The van der Waals surface area contributed by atoms with Crippen molar-refractivity contribution in [3.05, 3.63) is 12.2 Å². The second-order valence-electron chi connectivity index (χ2n) is 4.03. The van der Waals surface area contributed by atoms with Crippen LogP contribution in [0, 0.1) is 0 Å². The third-order valence-corrected chi connectivity index (χ3v) is 2.14. The summed E-state index contributed by atoms with van der Waals surface area (Å²) in [7, 11) is 4.20. The number of hydrogen-bond donors (Lipinski definition) is 1. The Morgan fingerprint density at radius 2 is 1.86 bits per heavy atom. The molecule has 0 spiro atoms. The van der Waals surface area contributed by atoms with Crippen LogP contribution in [0.25, 0.3) is 0 Å². The molecule has 0 saturated heterocycles. The molecule has 0 heterocycles. The summed E-state index contributed by atoms with van der Waals surface area (Å²) in [5.74, 6) is 0. The molecular weight excluding hydrogens is 174 g/mol. The number of nitrogens with zero attached hydrogens (tertiary/aromatic N) is 2. The number of hydrogen-bond acceptors (Lipinski definition) is 3. The molecular formula is C11H25N3. The predicted octanol–water partition coefficient (Wildman–Crippen LogP) is 0.775. The number of likely N-dealkylation sites (N-methyl/N-ethyl adjacent to an activating group) is 1. The second-order valence-corrected chi connectivity index (χ2v) is 4.03. The maximum atomic E-state index is 5.54. The van der Waals surface area contributed by atoms with Gasteiger partial charge >= 0.3 is 0 Å². The summed E-state index contributed by atoms with van der Waals surface area (Å²) in [4.78, 5) is 4.61. The minimum Gasteiger partial charge on any atom is -0.327 e. The van der Waals surface area contributed by atoms with Gasteiger partial charge in [0.05, 0.1) is 0 Å². The van der Waals surface area contributed by atoms with Crippen molar-refractivity contribution >= 4 is 0 Å². The van der Waals surface area contributed by atoms with Crippen LogP contribution in [0.15, 0.2) is 12.2 Å². The molecule has 14 heavy (non-hydrogen) atoms. The van der Waals surface area contributed by atoms with Crippen LogP contribution in [-0.2, 0) is 0 Å². The van der Waals surface area contributed by atoms with E-state index in [1.54, 1.807) is 0 Å². The van der Waals surface area contributed by atoms with E-state index >= 15 is 0 Å². The zero-order valence-electron chi connectivity index (χ0n) is 9.92. The Morgan fingerprint density at radius 1 is 1.21 bits per heavy atom. The predicted molar refractivity (Wildman–Crippen MR) is 63.5 cm³/mol. The molecule has 2 N–H and O–H groups in total. The maximum Gasteiger partial charge on any atom is 0.0203 e. The van der Waals surface area contributed by atoms with Crippen LogP contribution < -0.4 is 5.73 Å². The van der Waals surface area contributed by atoms with E-state index in [0.717, 1.165) is 31.8 Å². The SMILES string of the molecule is C=C(CN)CN(CCC)CCN(C)C. The van der Waals surface area contributed by atoms with Gasteiger partial charge in [-0.2, -0.15) is 0 Å². The molecule has 0 bridgehead atoms. The molecule has 0 rings (SSSR count). The lowest BCUT2D eigenvalue weighted by Crippen LogP contribution is -2.34. The zero-order valence-corrected chi connectivity index (χ0v) is 9.92. The molecule has 0 amide bonds. The molecule has 0 atom stereocenters. The zero-order chi connectivity index (χ0) is 11.0. The Bertz CT molecular complexity index is 155. The topological polar surface area (TPSA) is 32.5 Å². The van der Waals surface area contributed by atoms with Crippen LogP contribution in [0.1, 0.15) is 13.3 Å². The van der Waals surface area contributed by atoms with Gasteiger partial charge in [0.25, 0.3) is 0 Å². The molecule has 84 valence electrons. The third-order valence-electron chi connectivity index (χ3n) is 2.14. The summed E-state index contributed by atoms with van der Waals surface area (Å²) < 4.78 is 0. The molecule has 0 unspecified atom stereocenters. The van der Waals surface area contributed by atoms with E-state index in [2.05, 4.69) is 37.4 Å². The molecule has 0 radical (unpaired) electrons. The highest BCUT2D eigenvalue weighted by Gasteiger charge is 2.04. The summed E-state index contributed by atoms with van der Waals surface area (Å²) in [6.45, 7) is 11.0. The normalized spacial score (nSPS) is 11.3. The van der Waals surface area contributed by atoms with Gasteiger partial charge in [0.2, 0.25) is 0 Å². The van der Waals surface area contributed by atoms with Crippen molar-refractivity contribution < 1.29 is 0 Å². The van der Waals surface area contributed by atoms with E-state index in [4.69, 9.17) is 5.73 Å². The largest absolute Gasteiger partial charge is 0.327 e. The fourth-order valence-electron chi connectivity index (χ4n) is 1.31. The molecule has 0 fully saturated rings. The van der Waals surface area contributed by atoms with Crippen molar-refractivity contribution in [1.82, 2.24) is 9.80 Å². The van der Waals surface area contributed by atoms with Gasteiger partial charge in [0, 0.05) is 26.2 Å². The fourth-order valence-corrected chi connectivity index (χ4v) is 1.31. The van der Waals surface area contributed by atoms with E-state index in [-0.39, 0.29) is 0 Å². The smallest absolute Gasteiger partial charge is 0.0203 e. The molecule has 0 aromatic carbocycles. The van der Waals surface area contributed by atoms with E-state index in [1.165, 1.54) is 6.42 Å². The Hall–Kier alpha value is -0.380. The second kappa shape index (κ2) is 7.97. The Balaban J connectivity index is 3.82. The van der Waals surface area contributed by atoms with Gasteiger partial charge < -0.3 is 10.6 Å². The fraction of sp³-hybridized carbons (Fsp3) is 0.818. The highest BCUT2D eigenvalue weighted by molar-refractivity contribution is 4.98. The van der Waals surface area contributed by atoms with Gasteiger partial charge in [-0.15, -0.1) is 0 Å². The van der Waals surface area contributed by atoms with Crippen molar-refractivity contribution in [1.29, 1.82) is 0 Å². The van der Waals surface area contributed by atoms with Gasteiger partial charge in [0.15, 0.2) is 0 Å². The molecule has 3 heteroatoms. The first-order chi connectivity index (χ1) is 6.60. The van der Waals surface area contributed by atoms with Crippen molar-refractivity contribution in [3.8, 4) is 0 Å². The monoisotopic (exact) mass is 199 g/mol. The van der Waals surface area contributed by atoms with Gasteiger partial charge in [-0.25, -0.2) is 0 Å². The maximum absolute atomic E-state index is 5.54. The van der Waals surface area contributed by atoms with Crippen LogP contribution >= 0.6 is 0 Å². The lowest BCUT2D eigenvalue weighted by atomic mass is 10.2. The average Bonchev–Trinajstić information content (AvgIpc) is 2.14. The minimum absolute atomic E-state index is 0.599. The van der Waals surface area contributed by atoms with Gasteiger partial charge in [-0.05, 0) is 32.6 Å². The van der Waals surface area contributed by atoms with Gasteiger partial charge in [0.1, 0.15) is 0 Å². The van der Waals surface area contributed by atoms with Crippen LogP contribution in [0.4, 0.5) is 0 Å². The molecule has 0 aliphatic carbocycles. The summed E-state index contributed by atoms with van der Waals surface area (Å²) in [5.41, 5.74) is 6.66. The van der Waals surface area contributed by atoms with Crippen LogP contribution in [0.5, 0.6) is 0 Å². The summed E-state index contributed by atoms with van der Waals surface area (Å²) in [6.07, 6.45) is 1.19. The van der Waals surface area contributed by atoms with E-state index in [9.17, 15) is 0 Å². The Labute approximate surface area is 88.6 Å². The highest BCUT2D eigenvalue weighted by atomic mass is 15.2. The van der Waals surface area contributed by atoms with Gasteiger partial charge in [-0.3, -0.25) is 4.90 Å². The molecule has 0 aliphatic heterocycles. The summed E-state index contributed by atoms with van der Waals surface area (Å²) >= 11 is 0. The quantitative estimate of drug-likeness (QED) is 0.586. The Morgan fingerprint density at radius 3 is 2.29 bits per heavy atom. The lowest BCUT2D eigenvalue weighted by molar-refractivity contribution is 0.256. The summed E-state index contributed by atoms with van der Waals surface area (Å²) in [5, 5.41) is 0. The van der Waals surface area contributed by atoms with E-state index in [0.29, 0.717) is 6.54 Å². The van der Waals surface area contributed by atoms with Gasteiger partial charge in [-0.1, -0.05) is 13.5 Å². The molecule has 3 nitrogen and oxygen atoms in total. The number of nitrogens with two attached hydrogens (primary N) is 1. The first kappa shape index (κ1) is 13.6. The third kappa shape index (κ3) is 7.06. The standard InChI is InChI=1S/C11H25N3/c1-5-6-14(8-7-13(3)4)10-11(2)9-12/h2,5-10,12H2,1,3-4H3. The van der Waals surface area contributed by atoms with Crippen molar-refractivity contribution in [2.75, 3.05) is 46.8 Å². The van der Waals surface area contributed by atoms with Crippen molar-refractivity contribution in [3.63, 3.8) is 0 Å². The van der Waals surface area contributed by atoms with Crippen molar-refractivity contribution in [2.24, 2.45) is 5.73 Å². The van der Waals surface area contributed by atoms with Crippen LogP contribution in [0.2, 0.25) is 0 Å². The lowest BCUT2D eigenvalue weighted by Gasteiger charge is -2.24. The molecule has 0 aliphatic rings.